The van der Waals surface area contributed by atoms with Crippen molar-refractivity contribution in [2.24, 2.45) is 17.8 Å². The molecule has 1 fully saturated rings. The largest absolute Gasteiger partial charge is 0.507 e. The Kier molecular flexibility index (Phi) is 8.36. The Hall–Kier alpha value is -2.29. The zero-order valence-electron chi connectivity index (χ0n) is 18.5. The second kappa shape index (κ2) is 11.2. The third-order valence-corrected chi connectivity index (χ3v) is 6.66. The number of phenols is 1. The van der Waals surface area contributed by atoms with Gasteiger partial charge in [-0.2, -0.15) is 0 Å². The SMILES string of the molecule is CCCCCCC1CC(CC)CC1COc1ccc(C(=O)c2ccccc2)c(O)c1. The number of benzene rings is 2. The highest BCUT2D eigenvalue weighted by atomic mass is 16.5. The first-order valence-electron chi connectivity index (χ1n) is 11.7. The summed E-state index contributed by atoms with van der Waals surface area (Å²) in [5.74, 6) is 2.60. The van der Waals surface area contributed by atoms with Crippen LogP contribution in [0.25, 0.3) is 0 Å². The molecule has 3 nitrogen and oxygen atoms in total. The van der Waals surface area contributed by atoms with Crippen molar-refractivity contribution in [3.63, 3.8) is 0 Å². The Balaban J connectivity index is 1.59. The van der Waals surface area contributed by atoms with Gasteiger partial charge in [-0.25, -0.2) is 0 Å². The molecule has 0 aliphatic heterocycles. The monoisotopic (exact) mass is 408 g/mol. The first-order valence-corrected chi connectivity index (χ1v) is 11.7. The van der Waals surface area contributed by atoms with Crippen LogP contribution in [0.5, 0.6) is 11.5 Å². The van der Waals surface area contributed by atoms with Crippen molar-refractivity contribution >= 4 is 5.78 Å². The van der Waals surface area contributed by atoms with Crippen molar-refractivity contribution in [3.8, 4) is 11.5 Å². The molecule has 1 aliphatic rings. The third-order valence-electron chi connectivity index (χ3n) is 6.66. The Morgan fingerprint density at radius 2 is 1.77 bits per heavy atom. The number of carbonyl (C=O) groups excluding carboxylic acids is 1. The van der Waals surface area contributed by atoms with Gasteiger partial charge in [0.15, 0.2) is 5.78 Å². The van der Waals surface area contributed by atoms with Crippen LogP contribution in [-0.2, 0) is 0 Å². The summed E-state index contributed by atoms with van der Waals surface area (Å²) in [7, 11) is 0. The highest BCUT2D eigenvalue weighted by molar-refractivity contribution is 6.10. The maximum Gasteiger partial charge on any atom is 0.196 e. The zero-order chi connectivity index (χ0) is 21.3. The Labute approximate surface area is 181 Å². The topological polar surface area (TPSA) is 46.5 Å². The van der Waals surface area contributed by atoms with Crippen LogP contribution in [0, 0.1) is 17.8 Å². The quantitative estimate of drug-likeness (QED) is 0.321. The lowest BCUT2D eigenvalue weighted by molar-refractivity contribution is 0.103. The second-order valence-corrected chi connectivity index (χ2v) is 8.80. The first-order chi connectivity index (χ1) is 14.6. The Morgan fingerprint density at radius 3 is 2.47 bits per heavy atom. The maximum absolute atomic E-state index is 12.6. The molecule has 0 bridgehead atoms. The van der Waals surface area contributed by atoms with Gasteiger partial charge in [-0.3, -0.25) is 4.79 Å². The van der Waals surface area contributed by atoms with Crippen LogP contribution in [0.3, 0.4) is 0 Å². The van der Waals surface area contributed by atoms with Crippen molar-refractivity contribution in [2.45, 2.75) is 65.2 Å². The summed E-state index contributed by atoms with van der Waals surface area (Å²) in [6.45, 7) is 5.25. The molecule has 162 valence electrons. The number of ketones is 1. The molecule has 1 aliphatic carbocycles. The summed E-state index contributed by atoms with van der Waals surface area (Å²) in [5.41, 5.74) is 0.887. The molecule has 0 aromatic heterocycles. The normalized spacial score (nSPS) is 20.9. The van der Waals surface area contributed by atoms with E-state index in [4.69, 9.17) is 4.74 Å². The van der Waals surface area contributed by atoms with Crippen molar-refractivity contribution in [2.75, 3.05) is 6.61 Å². The van der Waals surface area contributed by atoms with Gasteiger partial charge in [-0.1, -0.05) is 82.7 Å². The number of hydrogen-bond acceptors (Lipinski definition) is 3. The molecule has 2 aromatic carbocycles. The average molecular weight is 409 g/mol. The summed E-state index contributed by atoms with van der Waals surface area (Å²) in [5, 5.41) is 10.4. The van der Waals surface area contributed by atoms with E-state index in [1.165, 1.54) is 51.4 Å². The van der Waals surface area contributed by atoms with Gasteiger partial charge in [0.25, 0.3) is 0 Å². The van der Waals surface area contributed by atoms with Gasteiger partial charge < -0.3 is 9.84 Å². The molecular formula is C27H36O3. The molecule has 2 aromatic rings. The number of carbonyl (C=O) groups is 1. The summed E-state index contributed by atoms with van der Waals surface area (Å²) in [6, 6.07) is 14.1. The summed E-state index contributed by atoms with van der Waals surface area (Å²) >= 11 is 0. The van der Waals surface area contributed by atoms with Crippen molar-refractivity contribution in [1.82, 2.24) is 0 Å². The summed E-state index contributed by atoms with van der Waals surface area (Å²) < 4.78 is 6.09. The van der Waals surface area contributed by atoms with Crippen LogP contribution in [0.15, 0.2) is 48.5 Å². The van der Waals surface area contributed by atoms with E-state index in [9.17, 15) is 9.90 Å². The first kappa shape index (κ1) is 22.4. The van der Waals surface area contributed by atoms with Crippen LogP contribution >= 0.6 is 0 Å². The van der Waals surface area contributed by atoms with E-state index in [1.807, 2.05) is 18.2 Å². The van der Waals surface area contributed by atoms with Crippen LogP contribution < -0.4 is 4.74 Å². The third kappa shape index (κ3) is 5.87. The molecule has 0 amide bonds. The predicted octanol–water partition coefficient (Wildman–Crippen LogP) is 7.02. The van der Waals surface area contributed by atoms with Gasteiger partial charge >= 0.3 is 0 Å². The van der Waals surface area contributed by atoms with Gasteiger partial charge in [0.05, 0.1) is 12.2 Å². The number of rotatable bonds is 11. The number of aromatic hydroxyl groups is 1. The lowest BCUT2D eigenvalue weighted by Gasteiger charge is -2.20. The highest BCUT2D eigenvalue weighted by Gasteiger charge is 2.33. The molecule has 3 rings (SSSR count). The van der Waals surface area contributed by atoms with E-state index in [2.05, 4.69) is 13.8 Å². The minimum atomic E-state index is -0.173. The highest BCUT2D eigenvalue weighted by Crippen LogP contribution is 2.41. The Morgan fingerprint density at radius 1 is 1.00 bits per heavy atom. The molecule has 1 N–H and O–H groups in total. The van der Waals surface area contributed by atoms with E-state index in [1.54, 1.807) is 30.3 Å². The fourth-order valence-corrected chi connectivity index (χ4v) is 4.80. The number of ether oxygens (including phenoxy) is 1. The molecule has 0 heterocycles. The van der Waals surface area contributed by atoms with Gasteiger partial charge in [0.2, 0.25) is 0 Å². The Bertz CT molecular complexity index is 799. The van der Waals surface area contributed by atoms with Crippen LogP contribution in [-0.4, -0.2) is 17.5 Å². The van der Waals surface area contributed by atoms with E-state index in [0.717, 1.165) is 11.8 Å². The van der Waals surface area contributed by atoms with Gasteiger partial charge in [0.1, 0.15) is 11.5 Å². The molecule has 3 atom stereocenters. The van der Waals surface area contributed by atoms with Crippen molar-refractivity contribution < 1.29 is 14.6 Å². The van der Waals surface area contributed by atoms with E-state index < -0.39 is 0 Å². The maximum atomic E-state index is 12.6. The van der Waals surface area contributed by atoms with Gasteiger partial charge in [0, 0.05) is 11.6 Å². The summed E-state index contributed by atoms with van der Waals surface area (Å²) in [6.07, 6.45) is 10.4. The van der Waals surface area contributed by atoms with Crippen LogP contribution in [0.1, 0.15) is 81.1 Å². The van der Waals surface area contributed by atoms with E-state index >= 15 is 0 Å². The number of unbranched alkanes of at least 4 members (excludes halogenated alkanes) is 3. The van der Waals surface area contributed by atoms with Gasteiger partial charge in [-0.05, 0) is 42.7 Å². The van der Waals surface area contributed by atoms with Crippen LogP contribution in [0.4, 0.5) is 0 Å². The van der Waals surface area contributed by atoms with Crippen molar-refractivity contribution in [1.29, 1.82) is 0 Å². The molecule has 0 saturated heterocycles. The minimum absolute atomic E-state index is 0.0182. The average Bonchev–Trinajstić information content (AvgIpc) is 3.17. The molecule has 3 heteroatoms. The molecule has 3 unspecified atom stereocenters. The lowest BCUT2D eigenvalue weighted by atomic mass is 9.91. The van der Waals surface area contributed by atoms with Crippen molar-refractivity contribution in [3.05, 3.63) is 59.7 Å². The summed E-state index contributed by atoms with van der Waals surface area (Å²) in [4.78, 5) is 12.6. The van der Waals surface area contributed by atoms with E-state index in [-0.39, 0.29) is 11.5 Å². The molecule has 0 radical (unpaired) electrons. The smallest absolute Gasteiger partial charge is 0.196 e. The fourth-order valence-electron chi connectivity index (χ4n) is 4.80. The van der Waals surface area contributed by atoms with Gasteiger partial charge in [-0.15, -0.1) is 0 Å². The number of phenolic OH excluding ortho intramolecular Hbond substituents is 1. The molecule has 0 spiro atoms. The second-order valence-electron chi connectivity index (χ2n) is 8.80. The fraction of sp³-hybridized carbons (Fsp3) is 0.519. The predicted molar refractivity (Wildman–Crippen MR) is 122 cm³/mol. The molecule has 30 heavy (non-hydrogen) atoms. The standard InChI is InChI=1S/C27H36O3/c1-3-5-6-8-13-22-16-20(4-2)17-23(22)19-30-24-14-15-25(26(28)18-24)27(29)21-11-9-7-10-12-21/h7,9-12,14-15,18,20,22-23,28H,3-6,8,13,16-17,19H2,1-2H3. The molecular weight excluding hydrogens is 372 g/mol. The zero-order valence-corrected chi connectivity index (χ0v) is 18.5. The minimum Gasteiger partial charge on any atom is -0.507 e. The number of hydrogen-bond donors (Lipinski definition) is 1. The van der Waals surface area contributed by atoms with Crippen LogP contribution in [0.2, 0.25) is 0 Å². The molecule has 1 saturated carbocycles. The lowest BCUT2D eigenvalue weighted by Crippen LogP contribution is -2.17. The van der Waals surface area contributed by atoms with E-state index in [0.29, 0.717) is 29.4 Å².